The van der Waals surface area contributed by atoms with Gasteiger partial charge in [-0.05, 0) is 0 Å². The van der Waals surface area contributed by atoms with Crippen molar-refractivity contribution >= 4 is 64.6 Å². The molecule has 1 heterocycles. The van der Waals surface area contributed by atoms with Gasteiger partial charge in [0.05, 0.1) is 6.42 Å². The van der Waals surface area contributed by atoms with Crippen molar-refractivity contribution in [1.29, 1.82) is 0 Å². The Morgan fingerprint density at radius 3 is 1.68 bits per heavy atom. The minimum atomic E-state index is -1.99. The molecule has 176 valence electrons. The molecule has 0 saturated carbocycles. The monoisotopic (exact) mass is 506 g/mol. The summed E-state index contributed by atoms with van der Waals surface area (Å²) in [5.41, 5.74) is 0. The topological polar surface area (TPSA) is 141 Å². The fraction of sp³-hybridized carbons (Fsp3) is 0.706. The van der Waals surface area contributed by atoms with Crippen molar-refractivity contribution in [2.45, 2.75) is 68.6 Å². The van der Waals surface area contributed by atoms with Crippen LogP contribution in [0.25, 0.3) is 0 Å². The molecule has 5 atom stereocenters. The minimum Gasteiger partial charge on any atom is -0.463 e. The molecule has 0 radical (unpaired) electrons. The van der Waals surface area contributed by atoms with Gasteiger partial charge in [0, 0.05) is 27.7 Å². The lowest BCUT2D eigenvalue weighted by atomic mass is 9.98. The van der Waals surface area contributed by atoms with Crippen LogP contribution in [0.5, 0.6) is 0 Å². The molecule has 1 rings (SSSR count). The molecule has 0 aliphatic carbocycles. The molecule has 0 spiro atoms. The zero-order valence-corrected chi connectivity index (χ0v) is 19.2. The van der Waals surface area contributed by atoms with E-state index in [4.69, 9.17) is 63.2 Å². The lowest BCUT2D eigenvalue weighted by molar-refractivity contribution is -0.300. The molecule has 0 aromatic heterocycles. The summed E-state index contributed by atoms with van der Waals surface area (Å²) in [6.07, 6.45) is -8.06. The Morgan fingerprint density at radius 1 is 0.742 bits per heavy atom. The lowest BCUT2D eigenvalue weighted by Crippen LogP contribution is -2.63. The van der Waals surface area contributed by atoms with Gasteiger partial charge in [0.25, 0.3) is 0 Å². The van der Waals surface area contributed by atoms with Crippen LogP contribution >= 0.6 is 34.8 Å². The quantitative estimate of drug-likeness (QED) is 0.280. The van der Waals surface area contributed by atoms with Crippen molar-refractivity contribution in [3.8, 4) is 0 Å². The second-order valence-corrected chi connectivity index (χ2v) is 8.87. The summed E-state index contributed by atoms with van der Waals surface area (Å²) in [4.78, 5) is 58.3. The van der Waals surface area contributed by atoms with E-state index in [1.54, 1.807) is 0 Å². The van der Waals surface area contributed by atoms with Crippen molar-refractivity contribution in [2.75, 3.05) is 6.61 Å². The van der Waals surface area contributed by atoms with E-state index in [-0.39, 0.29) is 0 Å². The number of alkyl halides is 3. The van der Waals surface area contributed by atoms with E-state index in [2.05, 4.69) is 0 Å². The Kier molecular flexibility index (Phi) is 10.3. The highest BCUT2D eigenvalue weighted by atomic mass is 35.6. The van der Waals surface area contributed by atoms with Gasteiger partial charge in [-0.1, -0.05) is 34.8 Å². The molecule has 14 heteroatoms. The summed E-state index contributed by atoms with van der Waals surface area (Å²) in [6.45, 7) is 3.80. The first kappa shape index (κ1) is 27.2. The molecule has 1 saturated heterocycles. The average Bonchev–Trinajstić information content (AvgIpc) is 2.55. The number of ether oxygens (including phenoxy) is 6. The SMILES string of the molecule is CC(=O)OC[C@H]1O[C@@H](OC(=O)CC(Cl)(Cl)Cl)[C@H](OC(C)=O)[C@@H](OC(C)=O)[C@@H]1OC(C)=O. The summed E-state index contributed by atoms with van der Waals surface area (Å²) in [5.74, 6) is -4.24. The number of rotatable bonds is 7. The van der Waals surface area contributed by atoms with Crippen LogP contribution in [0, 0.1) is 0 Å². The fourth-order valence-corrected chi connectivity index (χ4v) is 2.95. The van der Waals surface area contributed by atoms with Crippen molar-refractivity contribution < 1.29 is 52.4 Å². The van der Waals surface area contributed by atoms with E-state index >= 15 is 0 Å². The molecule has 0 unspecified atom stereocenters. The summed E-state index contributed by atoms with van der Waals surface area (Å²) >= 11 is 16.7. The van der Waals surface area contributed by atoms with Gasteiger partial charge < -0.3 is 28.4 Å². The summed E-state index contributed by atoms with van der Waals surface area (Å²) in [5, 5.41) is 0. The number of carbonyl (C=O) groups excluding carboxylic acids is 5. The van der Waals surface area contributed by atoms with Crippen molar-refractivity contribution in [3.63, 3.8) is 0 Å². The van der Waals surface area contributed by atoms with Crippen LogP contribution in [0.15, 0.2) is 0 Å². The maximum atomic E-state index is 12.1. The smallest absolute Gasteiger partial charge is 0.312 e. The first-order chi connectivity index (χ1) is 14.2. The van der Waals surface area contributed by atoms with E-state index < -0.39 is 77.4 Å². The number of hydrogen-bond acceptors (Lipinski definition) is 11. The molecule has 31 heavy (non-hydrogen) atoms. The molecule has 1 fully saturated rings. The predicted octanol–water partition coefficient (Wildman–Crippen LogP) is 1.37. The molecular weight excluding hydrogens is 487 g/mol. The van der Waals surface area contributed by atoms with Gasteiger partial charge in [-0.25, -0.2) is 0 Å². The third-order valence-corrected chi connectivity index (χ3v) is 3.94. The lowest BCUT2D eigenvalue weighted by Gasteiger charge is -2.43. The van der Waals surface area contributed by atoms with E-state index in [9.17, 15) is 24.0 Å². The van der Waals surface area contributed by atoms with Crippen LogP contribution in [0.3, 0.4) is 0 Å². The maximum absolute atomic E-state index is 12.1. The molecule has 0 N–H and O–H groups in total. The Labute approximate surface area is 192 Å². The zero-order valence-electron chi connectivity index (χ0n) is 16.9. The van der Waals surface area contributed by atoms with Crippen molar-refractivity contribution in [1.82, 2.24) is 0 Å². The van der Waals surface area contributed by atoms with Crippen molar-refractivity contribution in [2.24, 2.45) is 0 Å². The molecule has 1 aliphatic heterocycles. The second kappa shape index (κ2) is 11.7. The Hall–Kier alpha value is -1.82. The third kappa shape index (κ3) is 9.90. The van der Waals surface area contributed by atoms with Gasteiger partial charge in [0.15, 0.2) is 12.2 Å². The van der Waals surface area contributed by atoms with Gasteiger partial charge in [0.1, 0.15) is 12.7 Å². The highest BCUT2D eigenvalue weighted by molar-refractivity contribution is 6.68. The van der Waals surface area contributed by atoms with Crippen LogP contribution in [-0.4, -0.2) is 71.0 Å². The third-order valence-electron chi connectivity index (χ3n) is 3.54. The second-order valence-electron chi connectivity index (χ2n) is 6.35. The highest BCUT2D eigenvalue weighted by Gasteiger charge is 2.54. The van der Waals surface area contributed by atoms with Gasteiger partial charge in [0.2, 0.25) is 16.2 Å². The standard InChI is InChI=1S/C17H21Cl3O11/c1-7(21)26-6-11-13(27-8(2)22)14(28-9(3)23)15(29-10(4)24)16(30-11)31-12(25)5-17(18,19)20/h11,13-16H,5-6H2,1-4H3/t11-,13-,14+,15-,16+/m1/s1. The van der Waals surface area contributed by atoms with Gasteiger partial charge in [-0.15, -0.1) is 0 Å². The Balaban J connectivity index is 3.32. The Morgan fingerprint density at radius 2 is 1.23 bits per heavy atom. The van der Waals surface area contributed by atoms with Crippen LogP contribution < -0.4 is 0 Å². The molecule has 0 aromatic rings. The maximum Gasteiger partial charge on any atom is 0.312 e. The van der Waals surface area contributed by atoms with Crippen LogP contribution in [0.2, 0.25) is 0 Å². The van der Waals surface area contributed by atoms with E-state index in [1.807, 2.05) is 0 Å². The van der Waals surface area contributed by atoms with Gasteiger partial charge in [-0.3, -0.25) is 24.0 Å². The van der Waals surface area contributed by atoms with Gasteiger partial charge in [-0.2, -0.15) is 0 Å². The summed E-state index contributed by atoms with van der Waals surface area (Å²) in [6, 6.07) is 0. The molecule has 0 aromatic carbocycles. The van der Waals surface area contributed by atoms with Gasteiger partial charge >= 0.3 is 29.8 Å². The number of carbonyl (C=O) groups is 5. The molecule has 1 aliphatic rings. The van der Waals surface area contributed by atoms with E-state index in [1.165, 1.54) is 0 Å². The normalized spacial score (nSPS) is 25.7. The molecule has 0 bridgehead atoms. The van der Waals surface area contributed by atoms with Crippen molar-refractivity contribution in [3.05, 3.63) is 0 Å². The van der Waals surface area contributed by atoms with Crippen LogP contribution in [0.1, 0.15) is 34.1 Å². The fourth-order valence-electron chi connectivity index (χ4n) is 2.62. The van der Waals surface area contributed by atoms with E-state index in [0.29, 0.717) is 0 Å². The molecule has 0 amide bonds. The summed E-state index contributed by atoms with van der Waals surface area (Å²) in [7, 11) is 0. The largest absolute Gasteiger partial charge is 0.463 e. The number of hydrogen-bond donors (Lipinski definition) is 0. The molecule has 11 nitrogen and oxygen atoms in total. The predicted molar refractivity (Wildman–Crippen MR) is 103 cm³/mol. The first-order valence-corrected chi connectivity index (χ1v) is 9.89. The van der Waals surface area contributed by atoms with E-state index in [0.717, 1.165) is 27.7 Å². The average molecular weight is 508 g/mol. The van der Waals surface area contributed by atoms with Crippen LogP contribution in [-0.2, 0) is 52.4 Å². The first-order valence-electron chi connectivity index (χ1n) is 8.76. The molecular formula is C17H21Cl3O11. The zero-order chi connectivity index (χ0) is 23.9. The minimum absolute atomic E-state index is 0.476. The number of esters is 5. The Bertz CT molecular complexity index is 706. The van der Waals surface area contributed by atoms with Crippen LogP contribution in [0.4, 0.5) is 0 Å². The highest BCUT2D eigenvalue weighted by Crippen LogP contribution is 2.33. The summed E-state index contributed by atoms with van der Waals surface area (Å²) < 4.78 is 29.1. The number of halogens is 3.